The van der Waals surface area contributed by atoms with Crippen molar-refractivity contribution in [2.75, 3.05) is 25.4 Å². The number of hydrogen-bond acceptors (Lipinski definition) is 4. The number of benzene rings is 1. The molecule has 0 bridgehead atoms. The maximum atomic E-state index is 12.4. The van der Waals surface area contributed by atoms with Gasteiger partial charge in [0.25, 0.3) is 5.91 Å². The van der Waals surface area contributed by atoms with E-state index in [1.165, 1.54) is 0 Å². The Morgan fingerprint density at radius 1 is 1.55 bits per heavy atom. The number of piperidine rings is 1. The number of carbonyl (C=O) groups excluding carboxylic acids is 1. The van der Waals surface area contributed by atoms with Gasteiger partial charge in [0.05, 0.1) is 18.4 Å². The number of nitrogens with two attached hydrogens (primary N) is 1. The molecule has 20 heavy (non-hydrogen) atoms. The molecule has 1 fully saturated rings. The van der Waals surface area contributed by atoms with E-state index in [4.69, 9.17) is 10.5 Å². The topological polar surface area (TPSA) is 75.8 Å². The van der Waals surface area contributed by atoms with Crippen LogP contribution in [0, 0.1) is 5.92 Å². The lowest BCUT2D eigenvalue weighted by molar-refractivity contribution is 0.0248. The number of β-amino-alcohol motifs (C(OH)–C–C–N with tert-alkyl or cyclic N) is 1. The molecule has 2 unspecified atom stereocenters. The molecule has 2 atom stereocenters. The van der Waals surface area contributed by atoms with Gasteiger partial charge >= 0.3 is 0 Å². The monoisotopic (exact) mass is 278 g/mol. The molecule has 0 spiro atoms. The first kappa shape index (κ1) is 14.7. The van der Waals surface area contributed by atoms with Crippen molar-refractivity contribution in [3.8, 4) is 5.75 Å². The molecule has 0 aromatic heterocycles. The molecule has 3 N–H and O–H groups in total. The Labute approximate surface area is 119 Å². The van der Waals surface area contributed by atoms with Crippen LogP contribution in [0.4, 0.5) is 5.69 Å². The van der Waals surface area contributed by atoms with Gasteiger partial charge in [0.1, 0.15) is 5.75 Å². The van der Waals surface area contributed by atoms with Crippen molar-refractivity contribution in [1.82, 2.24) is 4.90 Å². The number of likely N-dealkylation sites (tertiary alicyclic amines) is 1. The second kappa shape index (κ2) is 6.13. The van der Waals surface area contributed by atoms with E-state index in [-0.39, 0.29) is 11.8 Å². The molecule has 1 aromatic carbocycles. The van der Waals surface area contributed by atoms with Crippen molar-refractivity contribution < 1.29 is 14.6 Å². The summed E-state index contributed by atoms with van der Waals surface area (Å²) in [4.78, 5) is 14.1. The Balaban J connectivity index is 2.11. The van der Waals surface area contributed by atoms with Gasteiger partial charge < -0.3 is 20.5 Å². The molecule has 2 rings (SSSR count). The molecule has 1 amide bonds. The average Bonchev–Trinajstić information content (AvgIpc) is 2.43. The second-order valence-electron chi connectivity index (χ2n) is 5.27. The minimum absolute atomic E-state index is 0.0919. The average molecular weight is 278 g/mol. The Hall–Kier alpha value is -1.75. The third-order valence-electron chi connectivity index (χ3n) is 3.76. The van der Waals surface area contributed by atoms with E-state index in [0.29, 0.717) is 36.7 Å². The van der Waals surface area contributed by atoms with Crippen LogP contribution in [0.25, 0.3) is 0 Å². The number of anilines is 1. The van der Waals surface area contributed by atoms with Crippen molar-refractivity contribution >= 4 is 11.6 Å². The number of amides is 1. The molecule has 1 saturated heterocycles. The normalized spacial score (nSPS) is 22.6. The lowest BCUT2D eigenvalue weighted by atomic mass is 9.95. The molecule has 0 saturated carbocycles. The van der Waals surface area contributed by atoms with Gasteiger partial charge in [-0.2, -0.15) is 0 Å². The Kier molecular flexibility index (Phi) is 4.49. The minimum atomic E-state index is -0.451. The fourth-order valence-electron chi connectivity index (χ4n) is 2.38. The summed E-state index contributed by atoms with van der Waals surface area (Å²) in [5.41, 5.74) is 6.88. The van der Waals surface area contributed by atoms with Crippen LogP contribution in [0.2, 0.25) is 0 Å². The van der Waals surface area contributed by atoms with Crippen LogP contribution in [0.3, 0.4) is 0 Å². The van der Waals surface area contributed by atoms with Gasteiger partial charge in [-0.25, -0.2) is 0 Å². The molecule has 5 heteroatoms. The first-order chi connectivity index (χ1) is 9.52. The van der Waals surface area contributed by atoms with E-state index in [2.05, 4.69) is 0 Å². The molecule has 1 aromatic rings. The zero-order valence-corrected chi connectivity index (χ0v) is 12.0. The smallest absolute Gasteiger partial charge is 0.254 e. The zero-order chi connectivity index (χ0) is 14.7. The van der Waals surface area contributed by atoms with E-state index >= 15 is 0 Å². The minimum Gasteiger partial charge on any atom is -0.492 e. The summed E-state index contributed by atoms with van der Waals surface area (Å²) < 4.78 is 5.36. The maximum absolute atomic E-state index is 12.4. The van der Waals surface area contributed by atoms with Crippen molar-refractivity contribution in [1.29, 1.82) is 0 Å². The standard InChI is InChI=1S/C15H22N2O3/c1-3-20-14-5-4-11(8-12(14)16)15(19)17-7-6-10(2)13(18)9-17/h4-5,8,10,13,18H,3,6-7,9,16H2,1-2H3. The van der Waals surface area contributed by atoms with Crippen LogP contribution in [-0.2, 0) is 0 Å². The maximum Gasteiger partial charge on any atom is 0.254 e. The molecule has 1 aliphatic heterocycles. The Morgan fingerprint density at radius 3 is 2.90 bits per heavy atom. The van der Waals surface area contributed by atoms with Gasteiger partial charge in [-0.15, -0.1) is 0 Å². The number of hydrogen-bond donors (Lipinski definition) is 2. The number of nitrogens with zero attached hydrogens (tertiary/aromatic N) is 1. The van der Waals surface area contributed by atoms with E-state index in [9.17, 15) is 9.90 Å². The SMILES string of the molecule is CCOc1ccc(C(=O)N2CCC(C)C(O)C2)cc1N. The highest BCUT2D eigenvalue weighted by atomic mass is 16.5. The number of aliphatic hydroxyl groups is 1. The molecule has 5 nitrogen and oxygen atoms in total. The summed E-state index contributed by atoms with van der Waals surface area (Å²) in [5, 5.41) is 9.87. The van der Waals surface area contributed by atoms with Crippen molar-refractivity contribution in [2.24, 2.45) is 5.92 Å². The van der Waals surface area contributed by atoms with Crippen LogP contribution >= 0.6 is 0 Å². The summed E-state index contributed by atoms with van der Waals surface area (Å²) >= 11 is 0. The van der Waals surface area contributed by atoms with Gasteiger partial charge in [-0.05, 0) is 37.5 Å². The quantitative estimate of drug-likeness (QED) is 0.822. The van der Waals surface area contributed by atoms with Gasteiger partial charge in [-0.3, -0.25) is 4.79 Å². The first-order valence-corrected chi connectivity index (χ1v) is 7.02. The van der Waals surface area contributed by atoms with Crippen molar-refractivity contribution in [3.05, 3.63) is 23.8 Å². The molecule has 1 heterocycles. The van der Waals surface area contributed by atoms with E-state index in [0.717, 1.165) is 6.42 Å². The molecule has 0 radical (unpaired) electrons. The largest absolute Gasteiger partial charge is 0.492 e. The van der Waals surface area contributed by atoms with E-state index < -0.39 is 6.10 Å². The van der Waals surface area contributed by atoms with Crippen LogP contribution in [0.1, 0.15) is 30.6 Å². The lowest BCUT2D eigenvalue weighted by Crippen LogP contribution is -2.45. The highest BCUT2D eigenvalue weighted by molar-refractivity contribution is 5.95. The Morgan fingerprint density at radius 2 is 2.30 bits per heavy atom. The summed E-state index contributed by atoms with van der Waals surface area (Å²) in [6.07, 6.45) is 0.368. The molecule has 0 aliphatic carbocycles. The number of nitrogen functional groups attached to an aromatic ring is 1. The highest BCUT2D eigenvalue weighted by Crippen LogP contribution is 2.24. The number of aliphatic hydroxyl groups excluding tert-OH is 1. The predicted molar refractivity (Wildman–Crippen MR) is 77.7 cm³/mol. The molecular formula is C15H22N2O3. The number of carbonyl (C=O) groups is 1. The van der Waals surface area contributed by atoms with E-state index in [1.54, 1.807) is 23.1 Å². The van der Waals surface area contributed by atoms with Crippen LogP contribution in [0.15, 0.2) is 18.2 Å². The number of rotatable bonds is 3. The van der Waals surface area contributed by atoms with Crippen LogP contribution < -0.4 is 10.5 Å². The van der Waals surface area contributed by atoms with Crippen molar-refractivity contribution in [3.63, 3.8) is 0 Å². The van der Waals surface area contributed by atoms with Crippen LogP contribution in [0.5, 0.6) is 5.75 Å². The molecular weight excluding hydrogens is 256 g/mol. The predicted octanol–water partition coefficient (Wildman–Crippen LogP) is 1.51. The second-order valence-corrected chi connectivity index (χ2v) is 5.27. The van der Waals surface area contributed by atoms with Gasteiger partial charge in [-0.1, -0.05) is 6.92 Å². The Bertz CT molecular complexity index is 490. The fourth-order valence-corrected chi connectivity index (χ4v) is 2.38. The fraction of sp³-hybridized carbons (Fsp3) is 0.533. The van der Waals surface area contributed by atoms with Gasteiger partial charge in [0, 0.05) is 18.7 Å². The third kappa shape index (κ3) is 3.04. The summed E-state index contributed by atoms with van der Waals surface area (Å²) in [6, 6.07) is 5.07. The first-order valence-electron chi connectivity index (χ1n) is 7.02. The van der Waals surface area contributed by atoms with Crippen molar-refractivity contribution in [2.45, 2.75) is 26.4 Å². The zero-order valence-electron chi connectivity index (χ0n) is 12.0. The van der Waals surface area contributed by atoms with E-state index in [1.807, 2.05) is 13.8 Å². The number of ether oxygens (including phenoxy) is 1. The van der Waals surface area contributed by atoms with Gasteiger partial charge in [0.15, 0.2) is 0 Å². The molecule has 1 aliphatic rings. The molecule has 110 valence electrons. The van der Waals surface area contributed by atoms with Crippen LogP contribution in [-0.4, -0.2) is 41.7 Å². The van der Waals surface area contributed by atoms with Gasteiger partial charge in [0.2, 0.25) is 0 Å². The summed E-state index contributed by atoms with van der Waals surface area (Å²) in [5.74, 6) is 0.742. The summed E-state index contributed by atoms with van der Waals surface area (Å²) in [6.45, 7) is 5.47. The highest BCUT2D eigenvalue weighted by Gasteiger charge is 2.28. The summed E-state index contributed by atoms with van der Waals surface area (Å²) in [7, 11) is 0. The lowest BCUT2D eigenvalue weighted by Gasteiger charge is -2.34. The third-order valence-corrected chi connectivity index (χ3v) is 3.76.